The minimum Gasteiger partial charge on any atom is -0.387 e. The van der Waals surface area contributed by atoms with Gasteiger partial charge in [-0.15, -0.1) is 11.3 Å². The molecule has 0 aliphatic heterocycles. The maximum atomic E-state index is 13.1. The average molecular weight is 415 g/mol. The smallest absolute Gasteiger partial charge is 0.123 e. The SMILES string of the molecule is OC(Cc1cc(F)ccc1Br)c1cc(Br)c(Cl)s1. The lowest BCUT2D eigenvalue weighted by Crippen LogP contribution is -2.00. The van der Waals surface area contributed by atoms with E-state index in [4.69, 9.17) is 11.6 Å². The Hall–Kier alpha value is 0.0600. The zero-order valence-electron chi connectivity index (χ0n) is 8.96. The molecule has 0 spiro atoms. The van der Waals surface area contributed by atoms with Crippen LogP contribution in [0.1, 0.15) is 16.5 Å². The van der Waals surface area contributed by atoms with Gasteiger partial charge in [-0.05, 0) is 45.8 Å². The first-order chi connectivity index (χ1) is 8.47. The second-order valence-electron chi connectivity index (χ2n) is 3.73. The van der Waals surface area contributed by atoms with Gasteiger partial charge in [-0.3, -0.25) is 0 Å². The second kappa shape index (κ2) is 6.01. The van der Waals surface area contributed by atoms with Gasteiger partial charge in [-0.2, -0.15) is 0 Å². The molecule has 0 fully saturated rings. The van der Waals surface area contributed by atoms with Crippen molar-refractivity contribution in [3.05, 3.63) is 53.8 Å². The molecule has 1 nitrogen and oxygen atoms in total. The Labute approximate surface area is 130 Å². The van der Waals surface area contributed by atoms with Gasteiger partial charge in [0.2, 0.25) is 0 Å². The van der Waals surface area contributed by atoms with Crippen LogP contribution in [-0.4, -0.2) is 5.11 Å². The van der Waals surface area contributed by atoms with E-state index in [1.165, 1.54) is 23.5 Å². The first kappa shape index (κ1) is 14.5. The summed E-state index contributed by atoms with van der Waals surface area (Å²) in [7, 11) is 0. The molecule has 1 atom stereocenters. The largest absolute Gasteiger partial charge is 0.387 e. The Bertz CT molecular complexity index is 554. The van der Waals surface area contributed by atoms with Crippen LogP contribution in [0.3, 0.4) is 0 Å². The zero-order chi connectivity index (χ0) is 13.3. The third-order valence-electron chi connectivity index (χ3n) is 2.41. The predicted octanol–water partition coefficient (Wildman–Crippen LogP) is 5.34. The molecule has 0 radical (unpaired) electrons. The van der Waals surface area contributed by atoms with Gasteiger partial charge in [0.15, 0.2) is 0 Å². The number of benzene rings is 1. The minimum absolute atomic E-state index is 0.314. The van der Waals surface area contributed by atoms with Crippen molar-refractivity contribution in [1.29, 1.82) is 0 Å². The lowest BCUT2D eigenvalue weighted by molar-refractivity contribution is 0.182. The average Bonchev–Trinajstić information content (AvgIpc) is 2.64. The molecule has 0 aliphatic rings. The number of rotatable bonds is 3. The first-order valence-electron chi connectivity index (χ1n) is 5.04. The van der Waals surface area contributed by atoms with E-state index in [0.29, 0.717) is 10.8 Å². The first-order valence-corrected chi connectivity index (χ1v) is 7.82. The highest BCUT2D eigenvalue weighted by molar-refractivity contribution is 9.10. The molecular weight excluding hydrogens is 406 g/mol. The Morgan fingerprint density at radius 2 is 2.00 bits per heavy atom. The van der Waals surface area contributed by atoms with E-state index in [0.717, 1.165) is 19.4 Å². The third-order valence-corrected chi connectivity index (χ3v) is 5.76. The van der Waals surface area contributed by atoms with Gasteiger partial charge in [0, 0.05) is 20.2 Å². The summed E-state index contributed by atoms with van der Waals surface area (Å²) in [6.45, 7) is 0. The fraction of sp³-hybridized carbons (Fsp3) is 0.167. The summed E-state index contributed by atoms with van der Waals surface area (Å²) in [6.07, 6.45) is -0.362. The van der Waals surface area contributed by atoms with Gasteiger partial charge in [0.25, 0.3) is 0 Å². The van der Waals surface area contributed by atoms with Crippen LogP contribution in [0.5, 0.6) is 0 Å². The summed E-state index contributed by atoms with van der Waals surface area (Å²) in [4.78, 5) is 0.753. The summed E-state index contributed by atoms with van der Waals surface area (Å²) in [6, 6.07) is 6.20. The van der Waals surface area contributed by atoms with Crippen LogP contribution in [0.25, 0.3) is 0 Å². The number of halogens is 4. The van der Waals surface area contributed by atoms with Crippen LogP contribution in [0.2, 0.25) is 4.34 Å². The normalized spacial score (nSPS) is 12.7. The van der Waals surface area contributed by atoms with Crippen molar-refractivity contribution in [2.24, 2.45) is 0 Å². The fourth-order valence-electron chi connectivity index (χ4n) is 1.54. The lowest BCUT2D eigenvalue weighted by atomic mass is 10.1. The van der Waals surface area contributed by atoms with Crippen LogP contribution in [0.4, 0.5) is 4.39 Å². The Kier molecular flexibility index (Phi) is 4.83. The topological polar surface area (TPSA) is 20.2 Å². The third kappa shape index (κ3) is 3.33. The summed E-state index contributed by atoms with van der Waals surface area (Å²) in [5.74, 6) is -0.314. The molecule has 18 heavy (non-hydrogen) atoms. The van der Waals surface area contributed by atoms with Crippen LogP contribution in [0, 0.1) is 5.82 Å². The molecule has 0 saturated heterocycles. The molecule has 6 heteroatoms. The van der Waals surface area contributed by atoms with Crippen molar-refractivity contribution < 1.29 is 9.50 Å². The summed E-state index contributed by atoms with van der Waals surface area (Å²) < 4.78 is 15.3. The van der Waals surface area contributed by atoms with E-state index < -0.39 is 6.10 Å². The van der Waals surface area contributed by atoms with Gasteiger partial charge in [-0.1, -0.05) is 27.5 Å². The Morgan fingerprint density at radius 1 is 1.28 bits per heavy atom. The molecule has 0 saturated carbocycles. The van der Waals surface area contributed by atoms with E-state index in [9.17, 15) is 9.50 Å². The van der Waals surface area contributed by atoms with Gasteiger partial charge in [0.05, 0.1) is 6.10 Å². The van der Waals surface area contributed by atoms with Crippen LogP contribution >= 0.6 is 54.8 Å². The van der Waals surface area contributed by atoms with Crippen LogP contribution in [0.15, 0.2) is 33.2 Å². The van der Waals surface area contributed by atoms with Crippen molar-refractivity contribution in [1.82, 2.24) is 0 Å². The quantitative estimate of drug-likeness (QED) is 0.719. The Morgan fingerprint density at radius 3 is 2.61 bits per heavy atom. The number of hydrogen-bond acceptors (Lipinski definition) is 2. The summed E-state index contributed by atoms with van der Waals surface area (Å²) in [5, 5.41) is 10.1. The monoisotopic (exact) mass is 412 g/mol. The molecule has 1 aromatic heterocycles. The molecule has 1 unspecified atom stereocenters. The summed E-state index contributed by atoms with van der Waals surface area (Å²) in [5.41, 5.74) is 0.725. The van der Waals surface area contributed by atoms with E-state index in [1.54, 1.807) is 12.1 Å². The molecule has 1 N–H and O–H groups in total. The molecule has 96 valence electrons. The molecule has 2 aromatic rings. The van der Waals surface area contributed by atoms with Crippen LogP contribution < -0.4 is 0 Å². The van der Waals surface area contributed by atoms with Crippen molar-refractivity contribution in [3.8, 4) is 0 Å². The predicted molar refractivity (Wildman–Crippen MR) is 79.8 cm³/mol. The second-order valence-corrected chi connectivity index (χ2v) is 7.12. The highest BCUT2D eigenvalue weighted by Gasteiger charge is 2.15. The van der Waals surface area contributed by atoms with E-state index in [1.807, 2.05) is 0 Å². The van der Waals surface area contributed by atoms with Gasteiger partial charge in [-0.25, -0.2) is 4.39 Å². The summed E-state index contributed by atoms with van der Waals surface area (Å²) >= 11 is 13.9. The van der Waals surface area contributed by atoms with Gasteiger partial charge >= 0.3 is 0 Å². The van der Waals surface area contributed by atoms with Crippen molar-refractivity contribution in [2.75, 3.05) is 0 Å². The van der Waals surface area contributed by atoms with E-state index in [-0.39, 0.29) is 5.82 Å². The van der Waals surface area contributed by atoms with E-state index in [2.05, 4.69) is 31.9 Å². The Balaban J connectivity index is 2.20. The molecule has 1 heterocycles. The van der Waals surface area contributed by atoms with Crippen molar-refractivity contribution in [3.63, 3.8) is 0 Å². The van der Waals surface area contributed by atoms with Crippen molar-refractivity contribution in [2.45, 2.75) is 12.5 Å². The standard InChI is InChI=1S/C12H8Br2ClFOS/c13-8-2-1-7(16)3-6(8)4-10(17)11-5-9(14)12(15)18-11/h1-3,5,10,17H,4H2. The van der Waals surface area contributed by atoms with Gasteiger partial charge in [0.1, 0.15) is 10.2 Å². The molecule has 0 amide bonds. The van der Waals surface area contributed by atoms with E-state index >= 15 is 0 Å². The molecule has 1 aromatic carbocycles. The molecule has 2 rings (SSSR count). The van der Waals surface area contributed by atoms with Crippen LogP contribution in [-0.2, 0) is 6.42 Å². The number of thiophene rings is 1. The highest BCUT2D eigenvalue weighted by atomic mass is 79.9. The lowest BCUT2D eigenvalue weighted by Gasteiger charge is -2.10. The number of hydrogen-bond donors (Lipinski definition) is 1. The maximum absolute atomic E-state index is 13.1. The van der Waals surface area contributed by atoms with Crippen molar-refractivity contribution >= 4 is 54.8 Å². The number of aliphatic hydroxyl groups excluding tert-OH is 1. The minimum atomic E-state index is -0.697. The highest BCUT2D eigenvalue weighted by Crippen LogP contribution is 2.36. The maximum Gasteiger partial charge on any atom is 0.123 e. The molecule has 0 bridgehead atoms. The van der Waals surface area contributed by atoms with Gasteiger partial charge < -0.3 is 5.11 Å². The fourth-order valence-corrected chi connectivity index (χ4v) is 3.67. The zero-order valence-corrected chi connectivity index (χ0v) is 13.7. The number of aliphatic hydroxyl groups is 1. The molecule has 0 aliphatic carbocycles. The molecular formula is C12H8Br2ClFOS.